The molecule has 1 aromatic rings. The zero-order valence-corrected chi connectivity index (χ0v) is 12.3. The van der Waals surface area contributed by atoms with E-state index in [1.54, 1.807) is 6.07 Å². The van der Waals surface area contributed by atoms with Crippen molar-refractivity contribution in [2.24, 2.45) is 0 Å². The number of piperidine rings is 1. The van der Waals surface area contributed by atoms with E-state index in [9.17, 15) is 5.11 Å². The highest BCUT2D eigenvalue weighted by Crippen LogP contribution is 2.30. The first-order valence-electron chi connectivity index (χ1n) is 7.85. The van der Waals surface area contributed by atoms with Crippen molar-refractivity contribution in [3.63, 3.8) is 0 Å². The average molecular weight is 275 g/mol. The van der Waals surface area contributed by atoms with E-state index in [1.165, 1.54) is 32.1 Å². The molecule has 1 unspecified atom stereocenters. The number of rotatable bonds is 5. The van der Waals surface area contributed by atoms with E-state index in [0.717, 1.165) is 31.0 Å². The molecule has 2 fully saturated rings. The Hall–Kier alpha value is -1.13. The SMILES string of the molecule is Cc1ccc(O)c(CN(CC2CCCCN2)C2CC2)n1. The third kappa shape index (κ3) is 3.49. The lowest BCUT2D eigenvalue weighted by atomic mass is 10.0. The largest absolute Gasteiger partial charge is 0.506 e. The molecule has 0 amide bonds. The van der Waals surface area contributed by atoms with E-state index >= 15 is 0 Å². The van der Waals surface area contributed by atoms with Crippen molar-refractivity contribution < 1.29 is 5.11 Å². The van der Waals surface area contributed by atoms with Crippen LogP contribution in [0.1, 0.15) is 43.5 Å². The number of aromatic nitrogens is 1. The molecule has 3 rings (SSSR count). The lowest BCUT2D eigenvalue weighted by Crippen LogP contribution is -2.44. The number of aromatic hydroxyl groups is 1. The first-order chi connectivity index (χ1) is 9.72. The van der Waals surface area contributed by atoms with Crippen molar-refractivity contribution in [3.05, 3.63) is 23.5 Å². The Morgan fingerprint density at radius 2 is 2.15 bits per heavy atom. The molecule has 0 bridgehead atoms. The Bertz CT molecular complexity index is 453. The van der Waals surface area contributed by atoms with E-state index < -0.39 is 0 Å². The summed E-state index contributed by atoms with van der Waals surface area (Å²) in [6, 6.07) is 4.93. The highest BCUT2D eigenvalue weighted by atomic mass is 16.3. The number of aryl methyl sites for hydroxylation is 1. The molecule has 1 aliphatic heterocycles. The van der Waals surface area contributed by atoms with Gasteiger partial charge in [-0.1, -0.05) is 6.42 Å². The topological polar surface area (TPSA) is 48.4 Å². The van der Waals surface area contributed by atoms with Crippen LogP contribution >= 0.6 is 0 Å². The number of hydrogen-bond acceptors (Lipinski definition) is 4. The summed E-state index contributed by atoms with van der Waals surface area (Å²) in [5.74, 6) is 0.331. The molecule has 0 aromatic carbocycles. The summed E-state index contributed by atoms with van der Waals surface area (Å²) in [5, 5.41) is 13.6. The molecule has 1 atom stereocenters. The summed E-state index contributed by atoms with van der Waals surface area (Å²) in [4.78, 5) is 7.01. The molecular formula is C16H25N3O. The maximum Gasteiger partial charge on any atom is 0.138 e. The summed E-state index contributed by atoms with van der Waals surface area (Å²) in [6.45, 7) is 4.99. The van der Waals surface area contributed by atoms with Gasteiger partial charge in [0.2, 0.25) is 0 Å². The minimum Gasteiger partial charge on any atom is -0.506 e. The predicted molar refractivity (Wildman–Crippen MR) is 79.7 cm³/mol. The minimum absolute atomic E-state index is 0.331. The Morgan fingerprint density at radius 1 is 1.30 bits per heavy atom. The van der Waals surface area contributed by atoms with Crippen LogP contribution in [-0.2, 0) is 6.54 Å². The van der Waals surface area contributed by atoms with Crippen LogP contribution < -0.4 is 5.32 Å². The Labute approximate surface area is 121 Å². The molecular weight excluding hydrogens is 250 g/mol. The van der Waals surface area contributed by atoms with Gasteiger partial charge in [-0.05, 0) is 51.3 Å². The number of nitrogens with one attached hydrogen (secondary N) is 1. The number of pyridine rings is 1. The standard InChI is InChI=1S/C16H25N3O/c1-12-5-8-16(20)15(18-12)11-19(14-6-7-14)10-13-4-2-3-9-17-13/h5,8,13-14,17,20H,2-4,6-7,9-11H2,1H3. The van der Waals surface area contributed by atoms with Gasteiger partial charge in [0.1, 0.15) is 5.75 Å². The van der Waals surface area contributed by atoms with Crippen molar-refractivity contribution in [2.45, 2.75) is 57.7 Å². The van der Waals surface area contributed by atoms with Gasteiger partial charge in [-0.3, -0.25) is 9.88 Å². The molecule has 1 saturated heterocycles. The van der Waals surface area contributed by atoms with E-state index in [4.69, 9.17) is 0 Å². The highest BCUT2D eigenvalue weighted by molar-refractivity contribution is 5.27. The summed E-state index contributed by atoms with van der Waals surface area (Å²) in [7, 11) is 0. The lowest BCUT2D eigenvalue weighted by Gasteiger charge is -2.30. The van der Waals surface area contributed by atoms with Crippen LogP contribution in [0, 0.1) is 6.92 Å². The molecule has 2 heterocycles. The van der Waals surface area contributed by atoms with Crippen LogP contribution in [0.15, 0.2) is 12.1 Å². The van der Waals surface area contributed by atoms with E-state index in [0.29, 0.717) is 17.8 Å². The predicted octanol–water partition coefficient (Wildman–Crippen LogP) is 2.20. The highest BCUT2D eigenvalue weighted by Gasteiger charge is 2.31. The third-order valence-corrected chi connectivity index (χ3v) is 4.37. The second kappa shape index (κ2) is 6.10. The average Bonchev–Trinajstić information content (AvgIpc) is 3.28. The second-order valence-corrected chi connectivity index (χ2v) is 6.23. The zero-order valence-electron chi connectivity index (χ0n) is 12.3. The molecule has 1 saturated carbocycles. The van der Waals surface area contributed by atoms with Crippen LogP contribution in [-0.4, -0.2) is 40.2 Å². The van der Waals surface area contributed by atoms with Gasteiger partial charge < -0.3 is 10.4 Å². The first kappa shape index (κ1) is 13.8. The van der Waals surface area contributed by atoms with Gasteiger partial charge in [-0.2, -0.15) is 0 Å². The van der Waals surface area contributed by atoms with Gasteiger partial charge in [-0.15, -0.1) is 0 Å². The smallest absolute Gasteiger partial charge is 0.138 e. The number of nitrogens with zero attached hydrogens (tertiary/aromatic N) is 2. The van der Waals surface area contributed by atoms with Crippen molar-refractivity contribution in [3.8, 4) is 5.75 Å². The quantitative estimate of drug-likeness (QED) is 0.865. The normalized spacial score (nSPS) is 23.2. The number of hydrogen-bond donors (Lipinski definition) is 2. The molecule has 2 aliphatic rings. The second-order valence-electron chi connectivity index (χ2n) is 6.23. The molecule has 4 heteroatoms. The van der Waals surface area contributed by atoms with Crippen LogP contribution in [0.5, 0.6) is 5.75 Å². The van der Waals surface area contributed by atoms with Gasteiger partial charge in [0.15, 0.2) is 0 Å². The summed E-state index contributed by atoms with van der Waals surface area (Å²) in [6.07, 6.45) is 6.50. The molecule has 2 N–H and O–H groups in total. The van der Waals surface area contributed by atoms with E-state index in [-0.39, 0.29) is 0 Å². The maximum atomic E-state index is 9.99. The van der Waals surface area contributed by atoms with Crippen LogP contribution in [0.3, 0.4) is 0 Å². The summed E-state index contributed by atoms with van der Waals surface area (Å²) >= 11 is 0. The molecule has 0 radical (unpaired) electrons. The van der Waals surface area contributed by atoms with Crippen molar-refractivity contribution in [2.75, 3.05) is 13.1 Å². The van der Waals surface area contributed by atoms with Gasteiger partial charge in [0.25, 0.3) is 0 Å². The fourth-order valence-corrected chi connectivity index (χ4v) is 3.06. The molecule has 20 heavy (non-hydrogen) atoms. The maximum absolute atomic E-state index is 9.99. The van der Waals surface area contributed by atoms with Gasteiger partial charge in [0, 0.05) is 30.9 Å². The summed E-state index contributed by atoms with van der Waals surface area (Å²) < 4.78 is 0. The fraction of sp³-hybridized carbons (Fsp3) is 0.688. The lowest BCUT2D eigenvalue weighted by molar-refractivity contribution is 0.204. The van der Waals surface area contributed by atoms with Crippen molar-refractivity contribution >= 4 is 0 Å². The Morgan fingerprint density at radius 3 is 2.85 bits per heavy atom. The van der Waals surface area contributed by atoms with Crippen LogP contribution in [0.2, 0.25) is 0 Å². The molecule has 4 nitrogen and oxygen atoms in total. The van der Waals surface area contributed by atoms with Crippen molar-refractivity contribution in [1.82, 2.24) is 15.2 Å². The monoisotopic (exact) mass is 275 g/mol. The molecule has 1 aromatic heterocycles. The molecule has 110 valence electrons. The Kier molecular flexibility index (Phi) is 4.22. The van der Waals surface area contributed by atoms with E-state index in [1.807, 2.05) is 13.0 Å². The molecule has 0 spiro atoms. The Balaban J connectivity index is 1.66. The van der Waals surface area contributed by atoms with Crippen LogP contribution in [0.25, 0.3) is 0 Å². The van der Waals surface area contributed by atoms with Gasteiger partial charge in [-0.25, -0.2) is 0 Å². The minimum atomic E-state index is 0.331. The van der Waals surface area contributed by atoms with Crippen LogP contribution in [0.4, 0.5) is 0 Å². The van der Waals surface area contributed by atoms with Gasteiger partial charge in [0.05, 0.1) is 5.69 Å². The van der Waals surface area contributed by atoms with Crippen molar-refractivity contribution in [1.29, 1.82) is 0 Å². The molecule has 1 aliphatic carbocycles. The summed E-state index contributed by atoms with van der Waals surface area (Å²) in [5.41, 5.74) is 1.80. The zero-order chi connectivity index (χ0) is 13.9. The third-order valence-electron chi connectivity index (χ3n) is 4.37. The first-order valence-corrected chi connectivity index (χ1v) is 7.85. The van der Waals surface area contributed by atoms with Gasteiger partial charge >= 0.3 is 0 Å². The fourth-order valence-electron chi connectivity index (χ4n) is 3.06. The van der Waals surface area contributed by atoms with E-state index in [2.05, 4.69) is 15.2 Å².